The van der Waals surface area contributed by atoms with Crippen molar-refractivity contribution >= 4 is 11.4 Å². The molecule has 1 aromatic carbocycles. The van der Waals surface area contributed by atoms with E-state index in [1.165, 1.54) is 18.2 Å². The monoisotopic (exact) mass is 320 g/mol. The van der Waals surface area contributed by atoms with Gasteiger partial charge in [0, 0.05) is 18.2 Å². The molecule has 1 heterocycles. The Morgan fingerprint density at radius 1 is 1.35 bits per heavy atom. The average molecular weight is 320 g/mol. The smallest absolute Gasteiger partial charge is 0.292 e. The molecule has 0 saturated carbocycles. The van der Waals surface area contributed by atoms with Crippen LogP contribution in [0.4, 0.5) is 11.4 Å². The first-order chi connectivity index (χ1) is 10.7. The van der Waals surface area contributed by atoms with E-state index < -0.39 is 10.5 Å². The summed E-state index contributed by atoms with van der Waals surface area (Å²) in [6.07, 6.45) is 0. The molecule has 1 aromatic heterocycles. The van der Waals surface area contributed by atoms with E-state index in [1.807, 2.05) is 0 Å². The fourth-order valence-corrected chi connectivity index (χ4v) is 2.51. The van der Waals surface area contributed by atoms with E-state index in [0.29, 0.717) is 22.6 Å². The van der Waals surface area contributed by atoms with Crippen LogP contribution in [0.25, 0.3) is 0 Å². The predicted molar refractivity (Wildman–Crippen MR) is 85.3 cm³/mol. The van der Waals surface area contributed by atoms with Gasteiger partial charge in [0.15, 0.2) is 0 Å². The molecule has 0 aliphatic carbocycles. The molecule has 0 aliphatic heterocycles. The summed E-state index contributed by atoms with van der Waals surface area (Å²) in [6, 6.07) is 6.07. The van der Waals surface area contributed by atoms with Crippen LogP contribution in [0.15, 0.2) is 28.7 Å². The maximum absolute atomic E-state index is 11.1. The first-order valence-electron chi connectivity index (χ1n) is 7.16. The molecule has 2 aromatic rings. The van der Waals surface area contributed by atoms with Crippen molar-refractivity contribution in [2.45, 2.75) is 33.0 Å². The van der Waals surface area contributed by atoms with Gasteiger partial charge in [0.25, 0.3) is 5.69 Å². The molecule has 23 heavy (non-hydrogen) atoms. The van der Waals surface area contributed by atoms with Gasteiger partial charge in [-0.1, -0.05) is 0 Å². The lowest BCUT2D eigenvalue weighted by Gasteiger charge is -2.24. The maximum atomic E-state index is 11.1. The molecule has 1 unspecified atom stereocenters. The zero-order valence-electron chi connectivity index (χ0n) is 13.3. The lowest BCUT2D eigenvalue weighted by molar-refractivity contribution is -0.384. The fourth-order valence-electron chi connectivity index (χ4n) is 2.51. The highest BCUT2D eigenvalue weighted by Gasteiger charge is 2.28. The van der Waals surface area contributed by atoms with E-state index in [4.69, 9.17) is 4.42 Å². The Morgan fingerprint density at radius 2 is 2.04 bits per heavy atom. The van der Waals surface area contributed by atoms with Gasteiger partial charge in [0.05, 0.1) is 11.5 Å². The first-order valence-corrected chi connectivity index (χ1v) is 7.16. The number of benzene rings is 1. The van der Waals surface area contributed by atoms with Crippen LogP contribution in [0.2, 0.25) is 0 Å². The van der Waals surface area contributed by atoms with Crippen LogP contribution in [0, 0.1) is 24.0 Å². The number of aliphatic hydroxyl groups excluding tert-OH is 1. The van der Waals surface area contributed by atoms with Crippen LogP contribution in [-0.2, 0) is 12.2 Å². The Hall–Kier alpha value is -2.38. The van der Waals surface area contributed by atoms with Crippen LogP contribution in [0.1, 0.15) is 29.6 Å². The number of hydrogen-bond donors (Lipinski definition) is 3. The third kappa shape index (κ3) is 3.69. The number of hydrogen-bond acceptors (Lipinski definition) is 6. The lowest BCUT2D eigenvalue weighted by Crippen LogP contribution is -2.31. The SMILES string of the molecule is Cc1cc(C(C)(O)CNc2cc(CO)ccc2[N+](=O)[O-])c(C)o1. The third-order valence-electron chi connectivity index (χ3n) is 3.68. The van der Waals surface area contributed by atoms with Gasteiger partial charge in [-0.25, -0.2) is 0 Å². The Bertz CT molecular complexity index is 721. The quantitative estimate of drug-likeness (QED) is 0.557. The highest BCUT2D eigenvalue weighted by Crippen LogP contribution is 2.30. The van der Waals surface area contributed by atoms with Gasteiger partial charge in [0.1, 0.15) is 22.8 Å². The molecule has 0 fully saturated rings. The number of nitrogens with one attached hydrogen (secondary N) is 1. The van der Waals surface area contributed by atoms with E-state index in [1.54, 1.807) is 26.8 Å². The number of anilines is 1. The number of nitro groups is 1. The van der Waals surface area contributed by atoms with E-state index in [2.05, 4.69) is 5.32 Å². The Balaban J connectivity index is 2.25. The van der Waals surface area contributed by atoms with Crippen molar-refractivity contribution in [3.8, 4) is 0 Å². The molecular formula is C16H20N2O5. The van der Waals surface area contributed by atoms with Crippen molar-refractivity contribution in [3.63, 3.8) is 0 Å². The highest BCUT2D eigenvalue weighted by atomic mass is 16.6. The number of nitro benzene ring substituents is 1. The lowest BCUT2D eigenvalue weighted by atomic mass is 9.96. The summed E-state index contributed by atoms with van der Waals surface area (Å²) in [5.41, 5.74) is 0.0552. The number of rotatable bonds is 6. The minimum absolute atomic E-state index is 0.0581. The maximum Gasteiger partial charge on any atom is 0.292 e. The minimum atomic E-state index is -1.26. The van der Waals surface area contributed by atoms with Gasteiger partial charge < -0.3 is 19.9 Å². The molecule has 0 spiro atoms. The highest BCUT2D eigenvalue weighted by molar-refractivity contribution is 5.63. The molecule has 1 atom stereocenters. The molecular weight excluding hydrogens is 300 g/mol. The summed E-state index contributed by atoms with van der Waals surface area (Å²) < 4.78 is 5.42. The zero-order chi connectivity index (χ0) is 17.2. The average Bonchev–Trinajstić information content (AvgIpc) is 2.84. The summed E-state index contributed by atoms with van der Waals surface area (Å²) in [5, 5.41) is 33.8. The third-order valence-corrected chi connectivity index (χ3v) is 3.68. The second kappa shape index (κ2) is 6.39. The van der Waals surface area contributed by atoms with Crippen molar-refractivity contribution in [1.82, 2.24) is 0 Å². The molecule has 0 aliphatic rings. The van der Waals surface area contributed by atoms with Crippen LogP contribution < -0.4 is 5.32 Å². The van der Waals surface area contributed by atoms with Crippen LogP contribution >= 0.6 is 0 Å². The predicted octanol–water partition coefficient (Wildman–Crippen LogP) is 2.62. The van der Waals surface area contributed by atoms with Crippen LogP contribution in [0.5, 0.6) is 0 Å². The number of furan rings is 1. The van der Waals surface area contributed by atoms with E-state index >= 15 is 0 Å². The Labute approximate surface area is 133 Å². The fraction of sp³-hybridized carbons (Fsp3) is 0.375. The van der Waals surface area contributed by atoms with Gasteiger partial charge >= 0.3 is 0 Å². The van der Waals surface area contributed by atoms with Gasteiger partial charge in [0.2, 0.25) is 0 Å². The van der Waals surface area contributed by atoms with E-state index in [0.717, 1.165) is 0 Å². The van der Waals surface area contributed by atoms with Crippen molar-refractivity contribution in [2.75, 3.05) is 11.9 Å². The molecule has 0 saturated heterocycles. The largest absolute Gasteiger partial charge is 0.466 e. The molecule has 0 radical (unpaired) electrons. The van der Waals surface area contributed by atoms with Gasteiger partial charge in [-0.15, -0.1) is 0 Å². The molecule has 2 rings (SSSR count). The molecule has 124 valence electrons. The van der Waals surface area contributed by atoms with Crippen molar-refractivity contribution in [3.05, 3.63) is 57.0 Å². The zero-order valence-corrected chi connectivity index (χ0v) is 13.3. The summed E-state index contributed by atoms with van der Waals surface area (Å²) in [7, 11) is 0. The van der Waals surface area contributed by atoms with Crippen molar-refractivity contribution in [1.29, 1.82) is 0 Å². The summed E-state index contributed by atoms with van der Waals surface area (Å²) in [6.45, 7) is 4.99. The molecule has 7 nitrogen and oxygen atoms in total. The number of aryl methyl sites for hydroxylation is 2. The number of aliphatic hydroxyl groups is 2. The first kappa shape index (κ1) is 17.0. The summed E-state index contributed by atoms with van der Waals surface area (Å²) in [4.78, 5) is 10.6. The van der Waals surface area contributed by atoms with E-state index in [9.17, 15) is 20.3 Å². The second-order valence-corrected chi connectivity index (χ2v) is 5.72. The van der Waals surface area contributed by atoms with Crippen LogP contribution in [-0.4, -0.2) is 21.7 Å². The summed E-state index contributed by atoms with van der Waals surface area (Å²) >= 11 is 0. The van der Waals surface area contributed by atoms with Gasteiger partial charge in [-0.2, -0.15) is 0 Å². The Morgan fingerprint density at radius 3 is 2.57 bits per heavy atom. The van der Waals surface area contributed by atoms with Crippen LogP contribution in [0.3, 0.4) is 0 Å². The Kier molecular flexibility index (Phi) is 4.72. The van der Waals surface area contributed by atoms with Gasteiger partial charge in [-0.05, 0) is 44.5 Å². The summed E-state index contributed by atoms with van der Waals surface area (Å²) in [5.74, 6) is 1.29. The van der Waals surface area contributed by atoms with Crippen molar-refractivity contribution < 1.29 is 19.6 Å². The molecule has 0 amide bonds. The second-order valence-electron chi connectivity index (χ2n) is 5.72. The molecule has 7 heteroatoms. The number of nitrogens with zero attached hydrogens (tertiary/aromatic N) is 1. The standard InChI is InChI=1S/C16H20N2O5/c1-10-6-13(11(2)23-10)16(3,20)9-17-14-7-12(8-19)4-5-15(14)18(21)22/h4-7,17,19-20H,8-9H2,1-3H3. The van der Waals surface area contributed by atoms with Gasteiger partial charge in [-0.3, -0.25) is 10.1 Å². The topological polar surface area (TPSA) is 109 Å². The van der Waals surface area contributed by atoms with E-state index in [-0.39, 0.29) is 24.5 Å². The minimum Gasteiger partial charge on any atom is -0.466 e. The molecule has 3 N–H and O–H groups in total. The van der Waals surface area contributed by atoms with Crippen molar-refractivity contribution in [2.24, 2.45) is 0 Å². The normalized spacial score (nSPS) is 13.6. The molecule has 0 bridgehead atoms.